The minimum absolute atomic E-state index is 0.0203. The van der Waals surface area contributed by atoms with Crippen molar-refractivity contribution >= 4 is 29.3 Å². The molecule has 0 aliphatic carbocycles. The third-order valence-electron chi connectivity index (χ3n) is 3.88. The van der Waals surface area contributed by atoms with Crippen molar-refractivity contribution in [2.45, 2.75) is 19.4 Å². The van der Waals surface area contributed by atoms with Crippen LogP contribution >= 0.6 is 11.8 Å². The number of benzene rings is 1. The van der Waals surface area contributed by atoms with Gasteiger partial charge in [0.2, 0.25) is 11.8 Å². The Labute approximate surface area is 135 Å². The van der Waals surface area contributed by atoms with E-state index in [0.717, 1.165) is 38.2 Å². The minimum Gasteiger partial charge on any atom is -0.369 e. The van der Waals surface area contributed by atoms with E-state index < -0.39 is 0 Å². The first-order valence-electron chi connectivity index (χ1n) is 7.48. The average Bonchev–Trinajstić information content (AvgIpc) is 2.48. The highest BCUT2D eigenvalue weighted by Gasteiger charge is 2.22. The zero-order valence-corrected chi connectivity index (χ0v) is 13.7. The summed E-state index contributed by atoms with van der Waals surface area (Å²) >= 11 is 1.51. The Kier molecular flexibility index (Phi) is 6.27. The van der Waals surface area contributed by atoms with Gasteiger partial charge in [-0.2, -0.15) is 11.8 Å². The Morgan fingerprint density at radius 1 is 1.36 bits per heavy atom. The van der Waals surface area contributed by atoms with Crippen LogP contribution in [0.3, 0.4) is 0 Å². The maximum absolute atomic E-state index is 11.6. The minimum atomic E-state index is -0.182. The van der Waals surface area contributed by atoms with Crippen molar-refractivity contribution in [2.24, 2.45) is 11.7 Å². The maximum atomic E-state index is 11.6. The maximum Gasteiger partial charge on any atom is 0.234 e. The van der Waals surface area contributed by atoms with Gasteiger partial charge in [0.05, 0.1) is 5.75 Å². The van der Waals surface area contributed by atoms with Crippen molar-refractivity contribution in [3.8, 4) is 0 Å². The van der Waals surface area contributed by atoms with Gasteiger partial charge in [-0.05, 0) is 49.9 Å². The molecule has 5 nitrogen and oxygen atoms in total. The van der Waals surface area contributed by atoms with Crippen LogP contribution in [0.4, 0.5) is 5.69 Å². The van der Waals surface area contributed by atoms with E-state index in [1.165, 1.54) is 17.3 Å². The molecule has 0 bridgehead atoms. The van der Waals surface area contributed by atoms with E-state index in [0.29, 0.717) is 5.75 Å². The van der Waals surface area contributed by atoms with Crippen LogP contribution in [-0.2, 0) is 16.1 Å². The summed E-state index contributed by atoms with van der Waals surface area (Å²) in [6.45, 7) is 2.60. The molecule has 2 rings (SSSR count). The molecule has 0 unspecified atom stereocenters. The summed E-state index contributed by atoms with van der Waals surface area (Å²) in [7, 11) is 0. The highest BCUT2D eigenvalue weighted by Crippen LogP contribution is 2.20. The highest BCUT2D eigenvalue weighted by molar-refractivity contribution is 7.99. The molecule has 1 fully saturated rings. The van der Waals surface area contributed by atoms with E-state index in [2.05, 4.69) is 16.3 Å². The Hall–Kier alpha value is -1.53. The van der Waals surface area contributed by atoms with Gasteiger partial charge in [0.1, 0.15) is 0 Å². The van der Waals surface area contributed by atoms with Gasteiger partial charge in [0, 0.05) is 18.2 Å². The molecule has 3 N–H and O–H groups in total. The molecular formula is C16H23N3O2S. The Morgan fingerprint density at radius 3 is 2.73 bits per heavy atom. The molecule has 0 radical (unpaired) electrons. The molecule has 0 saturated carbocycles. The van der Waals surface area contributed by atoms with Gasteiger partial charge in [-0.1, -0.05) is 12.1 Å². The third kappa shape index (κ3) is 5.03. The third-order valence-corrected chi connectivity index (χ3v) is 4.43. The summed E-state index contributed by atoms with van der Waals surface area (Å²) in [5.74, 6) is 0.323. The van der Waals surface area contributed by atoms with E-state index in [4.69, 9.17) is 5.73 Å². The molecule has 6 heteroatoms. The van der Waals surface area contributed by atoms with Crippen LogP contribution in [0.15, 0.2) is 24.3 Å². The van der Waals surface area contributed by atoms with Crippen LogP contribution in [0.25, 0.3) is 0 Å². The summed E-state index contributed by atoms with van der Waals surface area (Å²) in [6, 6.07) is 7.93. The fraction of sp³-hybridized carbons (Fsp3) is 0.500. The summed E-state index contributed by atoms with van der Waals surface area (Å²) in [5, 5.41) is 2.90. The molecule has 0 aromatic heterocycles. The van der Waals surface area contributed by atoms with Crippen molar-refractivity contribution in [1.29, 1.82) is 0 Å². The standard InChI is InChI=1S/C16H23N3O2S/c1-22-11-15(20)18-14-4-2-3-12(9-14)10-19-7-5-13(6-8-19)16(17)21/h2-4,9,13H,5-8,10-11H2,1H3,(H2,17,21)(H,18,20). The van der Waals surface area contributed by atoms with Gasteiger partial charge >= 0.3 is 0 Å². The Morgan fingerprint density at radius 2 is 2.09 bits per heavy atom. The zero-order chi connectivity index (χ0) is 15.9. The number of piperidine rings is 1. The number of anilines is 1. The molecule has 1 heterocycles. The number of carbonyl (C=O) groups is 2. The quantitative estimate of drug-likeness (QED) is 0.836. The van der Waals surface area contributed by atoms with Crippen molar-refractivity contribution in [3.63, 3.8) is 0 Å². The average molecular weight is 321 g/mol. The van der Waals surface area contributed by atoms with Crippen molar-refractivity contribution in [2.75, 3.05) is 30.4 Å². The molecule has 1 aromatic carbocycles. The lowest BCUT2D eigenvalue weighted by atomic mass is 9.96. The van der Waals surface area contributed by atoms with Crippen molar-refractivity contribution in [1.82, 2.24) is 4.90 Å². The number of carbonyl (C=O) groups excluding carboxylic acids is 2. The first kappa shape index (κ1) is 16.8. The van der Waals surface area contributed by atoms with E-state index in [-0.39, 0.29) is 17.7 Å². The van der Waals surface area contributed by atoms with E-state index in [9.17, 15) is 9.59 Å². The molecule has 1 aliphatic rings. The fourth-order valence-electron chi connectivity index (χ4n) is 2.71. The summed E-state index contributed by atoms with van der Waals surface area (Å²) in [4.78, 5) is 25.1. The number of hydrogen-bond acceptors (Lipinski definition) is 4. The molecule has 22 heavy (non-hydrogen) atoms. The normalized spacial score (nSPS) is 16.4. The smallest absolute Gasteiger partial charge is 0.234 e. The highest BCUT2D eigenvalue weighted by atomic mass is 32.2. The van der Waals surface area contributed by atoms with E-state index in [1.807, 2.05) is 24.5 Å². The first-order chi connectivity index (χ1) is 10.6. The summed E-state index contributed by atoms with van der Waals surface area (Å²) < 4.78 is 0. The summed E-state index contributed by atoms with van der Waals surface area (Å²) in [5.41, 5.74) is 7.36. The lowest BCUT2D eigenvalue weighted by molar-refractivity contribution is -0.123. The number of rotatable bonds is 6. The molecule has 1 aromatic rings. The van der Waals surface area contributed by atoms with Crippen molar-refractivity contribution in [3.05, 3.63) is 29.8 Å². The number of nitrogens with two attached hydrogens (primary N) is 1. The number of likely N-dealkylation sites (tertiary alicyclic amines) is 1. The molecule has 0 spiro atoms. The van der Waals surface area contributed by atoms with Gasteiger partial charge in [0.15, 0.2) is 0 Å². The molecule has 1 saturated heterocycles. The predicted molar refractivity (Wildman–Crippen MR) is 90.6 cm³/mol. The molecule has 1 aliphatic heterocycles. The van der Waals surface area contributed by atoms with Gasteiger partial charge in [-0.15, -0.1) is 0 Å². The number of amides is 2. The van der Waals surface area contributed by atoms with Gasteiger partial charge in [-0.25, -0.2) is 0 Å². The predicted octanol–water partition coefficient (Wildman–Crippen LogP) is 1.69. The first-order valence-corrected chi connectivity index (χ1v) is 8.87. The fourth-order valence-corrected chi connectivity index (χ4v) is 3.04. The monoisotopic (exact) mass is 321 g/mol. The number of hydrogen-bond donors (Lipinski definition) is 2. The Bertz CT molecular complexity index is 528. The van der Waals surface area contributed by atoms with E-state index >= 15 is 0 Å². The number of thioether (sulfide) groups is 1. The second-order valence-corrected chi connectivity index (χ2v) is 6.50. The summed E-state index contributed by atoms with van der Waals surface area (Å²) in [6.07, 6.45) is 3.57. The second kappa shape index (κ2) is 8.19. The SMILES string of the molecule is CSCC(=O)Nc1cccc(CN2CCC(C(N)=O)CC2)c1. The largest absolute Gasteiger partial charge is 0.369 e. The molecule has 120 valence electrons. The number of nitrogens with one attached hydrogen (secondary N) is 1. The molecule has 0 atom stereocenters. The topological polar surface area (TPSA) is 75.4 Å². The van der Waals surface area contributed by atoms with Crippen LogP contribution in [0.1, 0.15) is 18.4 Å². The lowest BCUT2D eigenvalue weighted by Crippen LogP contribution is -2.38. The van der Waals surface area contributed by atoms with Crippen LogP contribution < -0.4 is 11.1 Å². The molecular weight excluding hydrogens is 298 g/mol. The Balaban J connectivity index is 1.88. The van der Waals surface area contributed by atoms with Gasteiger partial charge in [0.25, 0.3) is 0 Å². The van der Waals surface area contributed by atoms with Gasteiger partial charge in [-0.3, -0.25) is 14.5 Å². The van der Waals surface area contributed by atoms with E-state index in [1.54, 1.807) is 0 Å². The van der Waals surface area contributed by atoms with Gasteiger partial charge < -0.3 is 11.1 Å². The van der Waals surface area contributed by atoms with Crippen LogP contribution in [-0.4, -0.2) is 41.8 Å². The zero-order valence-electron chi connectivity index (χ0n) is 12.9. The lowest BCUT2D eigenvalue weighted by Gasteiger charge is -2.30. The van der Waals surface area contributed by atoms with Crippen LogP contribution in [0.2, 0.25) is 0 Å². The number of primary amides is 1. The van der Waals surface area contributed by atoms with Crippen LogP contribution in [0.5, 0.6) is 0 Å². The second-order valence-electron chi connectivity index (χ2n) is 5.63. The number of nitrogens with zero attached hydrogens (tertiary/aromatic N) is 1. The van der Waals surface area contributed by atoms with Crippen molar-refractivity contribution < 1.29 is 9.59 Å². The van der Waals surface area contributed by atoms with Crippen LogP contribution in [0, 0.1) is 5.92 Å². The molecule has 2 amide bonds.